The van der Waals surface area contributed by atoms with Gasteiger partial charge in [-0.25, -0.2) is 4.98 Å². The lowest BCUT2D eigenvalue weighted by Crippen LogP contribution is -2.18. The molecule has 2 N–H and O–H groups in total. The van der Waals surface area contributed by atoms with Gasteiger partial charge < -0.3 is 19.4 Å². The van der Waals surface area contributed by atoms with Gasteiger partial charge in [-0.2, -0.15) is 4.98 Å². The molecule has 0 aliphatic heterocycles. The van der Waals surface area contributed by atoms with Crippen LogP contribution in [-0.2, 0) is 11.3 Å². The molecule has 0 radical (unpaired) electrons. The normalized spacial score (nSPS) is 13.1. The van der Waals surface area contributed by atoms with Crippen molar-refractivity contribution in [3.05, 3.63) is 23.0 Å². The van der Waals surface area contributed by atoms with Crippen LogP contribution in [0.1, 0.15) is 6.42 Å². The summed E-state index contributed by atoms with van der Waals surface area (Å²) in [5.41, 5.74) is 0.617. The van der Waals surface area contributed by atoms with Crippen LogP contribution in [0.4, 0.5) is 0 Å². The van der Waals surface area contributed by atoms with Gasteiger partial charge in [0, 0.05) is 13.7 Å². The van der Waals surface area contributed by atoms with Crippen molar-refractivity contribution in [1.82, 2.24) is 19.5 Å². The number of aromatic nitrogens is 4. The summed E-state index contributed by atoms with van der Waals surface area (Å²) in [6.07, 6.45) is 3.36. The maximum Gasteiger partial charge on any atom is 0.300 e. The highest BCUT2D eigenvalue weighted by atomic mass is 16.5. The van der Waals surface area contributed by atoms with Gasteiger partial charge in [-0.05, 0) is 6.42 Å². The Balaban J connectivity index is 2.20. The summed E-state index contributed by atoms with van der Waals surface area (Å²) in [5.74, 6) is 0. The highest BCUT2D eigenvalue weighted by Crippen LogP contribution is 2.06. The zero-order chi connectivity index (χ0) is 12.3. The Morgan fingerprint density at radius 1 is 1.59 bits per heavy atom. The maximum atomic E-state index is 11.4. The molecule has 0 bridgehead atoms. The van der Waals surface area contributed by atoms with E-state index < -0.39 is 0 Å². The summed E-state index contributed by atoms with van der Waals surface area (Å²) >= 11 is 0. The van der Waals surface area contributed by atoms with Gasteiger partial charge in [0.05, 0.1) is 25.4 Å². The zero-order valence-corrected chi connectivity index (χ0v) is 9.46. The van der Waals surface area contributed by atoms with E-state index in [9.17, 15) is 4.79 Å². The second-order valence-corrected chi connectivity index (χ2v) is 3.67. The molecule has 1 unspecified atom stereocenters. The van der Waals surface area contributed by atoms with Crippen LogP contribution >= 0.6 is 0 Å². The predicted molar refractivity (Wildman–Crippen MR) is 60.6 cm³/mol. The van der Waals surface area contributed by atoms with Gasteiger partial charge in [-0.1, -0.05) is 0 Å². The molecule has 2 aromatic heterocycles. The number of aryl methyl sites for hydroxylation is 1. The molecule has 0 saturated carbocycles. The van der Waals surface area contributed by atoms with Gasteiger partial charge in [0.15, 0.2) is 5.52 Å². The number of methoxy groups -OCH3 is 1. The smallest absolute Gasteiger partial charge is 0.300 e. The quantitative estimate of drug-likeness (QED) is 0.733. The van der Waals surface area contributed by atoms with Crippen molar-refractivity contribution in [3.63, 3.8) is 0 Å². The molecule has 0 aromatic carbocycles. The average molecular weight is 238 g/mol. The molecule has 0 spiro atoms. The summed E-state index contributed by atoms with van der Waals surface area (Å²) in [6.45, 7) is 0.580. The second-order valence-electron chi connectivity index (χ2n) is 3.67. The van der Waals surface area contributed by atoms with Crippen LogP contribution < -0.4 is 5.56 Å². The molecule has 1 atom stereocenters. The summed E-state index contributed by atoms with van der Waals surface area (Å²) < 4.78 is 6.87. The lowest BCUT2D eigenvalue weighted by Gasteiger charge is -2.12. The molecule has 7 nitrogen and oxygen atoms in total. The molecule has 0 fully saturated rings. The number of hydrogen-bond acceptors (Lipinski definition) is 5. The molecule has 0 aliphatic carbocycles. The number of nitrogens with zero attached hydrogens (tertiary/aromatic N) is 3. The van der Waals surface area contributed by atoms with Crippen LogP contribution in [0.15, 0.2) is 17.4 Å². The fourth-order valence-corrected chi connectivity index (χ4v) is 1.64. The van der Waals surface area contributed by atoms with Crippen LogP contribution in [0.2, 0.25) is 0 Å². The van der Waals surface area contributed by atoms with E-state index in [1.807, 2.05) is 0 Å². The molecule has 92 valence electrons. The van der Waals surface area contributed by atoms with Crippen molar-refractivity contribution in [2.75, 3.05) is 13.7 Å². The monoisotopic (exact) mass is 238 g/mol. The summed E-state index contributed by atoms with van der Waals surface area (Å²) in [4.78, 5) is 21.9. The van der Waals surface area contributed by atoms with Crippen molar-refractivity contribution in [3.8, 4) is 0 Å². The minimum Gasteiger partial charge on any atom is -0.394 e. The van der Waals surface area contributed by atoms with E-state index in [-0.39, 0.29) is 18.3 Å². The third-order valence-corrected chi connectivity index (χ3v) is 2.65. The summed E-state index contributed by atoms with van der Waals surface area (Å²) in [7, 11) is 1.55. The van der Waals surface area contributed by atoms with E-state index in [0.29, 0.717) is 24.1 Å². The predicted octanol–water partition coefficient (Wildman–Crippen LogP) is -0.483. The Morgan fingerprint density at radius 2 is 2.41 bits per heavy atom. The average Bonchev–Trinajstić information content (AvgIpc) is 2.75. The molecule has 2 aromatic rings. The van der Waals surface area contributed by atoms with Gasteiger partial charge in [-0.15, -0.1) is 0 Å². The number of aromatic amines is 1. The molecular weight excluding hydrogens is 224 g/mol. The molecule has 0 saturated heterocycles. The fourth-order valence-electron chi connectivity index (χ4n) is 1.64. The van der Waals surface area contributed by atoms with Gasteiger partial charge >= 0.3 is 5.56 Å². The number of nitrogens with one attached hydrogen (secondary N) is 1. The van der Waals surface area contributed by atoms with Crippen LogP contribution in [0, 0.1) is 0 Å². The molecule has 2 heterocycles. The molecule has 0 amide bonds. The van der Waals surface area contributed by atoms with E-state index in [2.05, 4.69) is 15.0 Å². The molecular formula is C10H14N4O3. The lowest BCUT2D eigenvalue weighted by atomic mass is 10.2. The standard InChI is InChI=1S/C10H14N4O3/c1-17-7(4-15)2-3-14-6-13-8-9(14)11-5-12-10(8)16/h5-7,15H,2-4H2,1H3,(H,11,12,16). The van der Waals surface area contributed by atoms with Crippen LogP contribution in [0.3, 0.4) is 0 Å². The van der Waals surface area contributed by atoms with Crippen molar-refractivity contribution in [1.29, 1.82) is 0 Å². The van der Waals surface area contributed by atoms with Gasteiger partial charge in [0.1, 0.15) is 5.65 Å². The molecule has 7 heteroatoms. The number of hydrogen-bond donors (Lipinski definition) is 2. The van der Waals surface area contributed by atoms with E-state index in [1.54, 1.807) is 18.0 Å². The topological polar surface area (TPSA) is 93.0 Å². The SMILES string of the molecule is COC(CO)CCn1cnc2c(=O)nc[nH]c21. The number of rotatable bonds is 5. The first-order valence-electron chi connectivity index (χ1n) is 5.28. The number of aliphatic hydroxyl groups is 1. The van der Waals surface area contributed by atoms with Crippen molar-refractivity contribution >= 4 is 11.2 Å². The van der Waals surface area contributed by atoms with Gasteiger partial charge in [0.25, 0.3) is 0 Å². The second kappa shape index (κ2) is 5.07. The molecule has 2 rings (SSSR count). The first-order valence-corrected chi connectivity index (χ1v) is 5.28. The Labute approximate surface area is 97.1 Å². The largest absolute Gasteiger partial charge is 0.394 e. The highest BCUT2D eigenvalue weighted by Gasteiger charge is 2.09. The third-order valence-electron chi connectivity index (χ3n) is 2.65. The van der Waals surface area contributed by atoms with Crippen LogP contribution in [0.25, 0.3) is 11.2 Å². The first kappa shape index (κ1) is 11.7. The first-order chi connectivity index (χ1) is 8.26. The Hall–Kier alpha value is -1.73. The fraction of sp³-hybridized carbons (Fsp3) is 0.500. The third kappa shape index (κ3) is 2.34. The summed E-state index contributed by atoms with van der Waals surface area (Å²) in [5, 5.41) is 8.99. The Morgan fingerprint density at radius 3 is 3.12 bits per heavy atom. The number of fused-ring (bicyclic) bond motifs is 1. The number of imidazole rings is 1. The van der Waals surface area contributed by atoms with Crippen LogP contribution in [0.5, 0.6) is 0 Å². The Kier molecular flexibility index (Phi) is 3.50. The molecule has 17 heavy (non-hydrogen) atoms. The van der Waals surface area contributed by atoms with E-state index in [0.717, 1.165) is 0 Å². The Bertz CT molecular complexity index is 544. The van der Waals surface area contributed by atoms with Crippen molar-refractivity contribution in [2.45, 2.75) is 19.1 Å². The lowest BCUT2D eigenvalue weighted by molar-refractivity contribution is 0.0405. The van der Waals surface area contributed by atoms with Gasteiger partial charge in [0.2, 0.25) is 0 Å². The van der Waals surface area contributed by atoms with Crippen molar-refractivity contribution < 1.29 is 9.84 Å². The van der Waals surface area contributed by atoms with Gasteiger partial charge in [-0.3, -0.25) is 4.79 Å². The minimum atomic E-state index is -0.344. The van der Waals surface area contributed by atoms with E-state index >= 15 is 0 Å². The number of aliphatic hydroxyl groups excluding tert-OH is 1. The van der Waals surface area contributed by atoms with Crippen LogP contribution in [-0.4, -0.2) is 44.4 Å². The van der Waals surface area contributed by atoms with E-state index in [1.165, 1.54) is 6.33 Å². The zero-order valence-electron chi connectivity index (χ0n) is 9.46. The summed E-state index contributed by atoms with van der Waals surface area (Å²) in [6, 6.07) is 0. The minimum absolute atomic E-state index is 0.0266. The number of ether oxygens (including phenoxy) is 1. The van der Waals surface area contributed by atoms with Crippen molar-refractivity contribution in [2.24, 2.45) is 0 Å². The highest BCUT2D eigenvalue weighted by molar-refractivity contribution is 5.68. The molecule has 0 aliphatic rings. The maximum absolute atomic E-state index is 11.4. The van der Waals surface area contributed by atoms with E-state index in [4.69, 9.17) is 9.84 Å². The number of H-pyrrole nitrogens is 1.